The molecule has 1 saturated carbocycles. The number of amides is 1. The molecule has 20 heavy (non-hydrogen) atoms. The summed E-state index contributed by atoms with van der Waals surface area (Å²) in [4.78, 5) is 11.1. The Morgan fingerprint density at radius 1 is 1.25 bits per heavy atom. The number of rotatable bonds is 6. The average molecular weight is 341 g/mol. The lowest BCUT2D eigenvalue weighted by Crippen LogP contribution is -2.38. The smallest absolute Gasteiger partial charge is 0.220 e. The van der Waals surface area contributed by atoms with Crippen molar-refractivity contribution in [2.75, 3.05) is 13.2 Å². The van der Waals surface area contributed by atoms with Gasteiger partial charge in [0.2, 0.25) is 5.91 Å². The number of hydrogen-bond acceptors (Lipinski definition) is 3. The lowest BCUT2D eigenvalue weighted by molar-refractivity contribution is -0.122. The van der Waals surface area contributed by atoms with Gasteiger partial charge in [0.05, 0.1) is 0 Å². The topological polar surface area (TPSA) is 64.4 Å². The van der Waals surface area contributed by atoms with Crippen LogP contribution >= 0.6 is 15.9 Å². The number of primary amides is 1. The van der Waals surface area contributed by atoms with E-state index >= 15 is 0 Å². The summed E-state index contributed by atoms with van der Waals surface area (Å²) in [6.07, 6.45) is 3.85. The highest BCUT2D eigenvalue weighted by molar-refractivity contribution is 9.10. The summed E-state index contributed by atoms with van der Waals surface area (Å²) >= 11 is 3.39. The normalized spacial score (nSPS) is 22.4. The quantitative estimate of drug-likeness (QED) is 0.782. The Bertz CT molecular complexity index is 428. The van der Waals surface area contributed by atoms with Gasteiger partial charge >= 0.3 is 0 Å². The van der Waals surface area contributed by atoms with E-state index in [1.54, 1.807) is 0 Å². The maximum Gasteiger partial charge on any atom is 0.220 e. The molecule has 0 saturated heterocycles. The monoisotopic (exact) mass is 340 g/mol. The standard InChI is InChI=1S/C15H21BrN2O2/c16-12-3-7-14(8-4-12)20-10-9-18-13-5-1-11(2-6-13)15(17)19/h3-4,7-8,11,13,18H,1-2,5-6,9-10H2,(H2,17,19). The number of benzene rings is 1. The first-order valence-corrected chi connectivity index (χ1v) is 7.85. The van der Waals surface area contributed by atoms with Gasteiger partial charge in [0.15, 0.2) is 0 Å². The molecular weight excluding hydrogens is 320 g/mol. The Labute approximate surface area is 128 Å². The van der Waals surface area contributed by atoms with E-state index in [-0.39, 0.29) is 11.8 Å². The van der Waals surface area contributed by atoms with Crippen LogP contribution in [-0.2, 0) is 4.79 Å². The van der Waals surface area contributed by atoms with Gasteiger partial charge < -0.3 is 15.8 Å². The first kappa shape index (κ1) is 15.3. The number of ether oxygens (including phenoxy) is 1. The van der Waals surface area contributed by atoms with Gasteiger partial charge in [0.1, 0.15) is 12.4 Å². The molecule has 0 heterocycles. The van der Waals surface area contributed by atoms with Gasteiger partial charge in [-0.3, -0.25) is 4.79 Å². The molecule has 110 valence electrons. The fourth-order valence-corrected chi connectivity index (χ4v) is 2.81. The molecule has 1 aromatic rings. The lowest BCUT2D eigenvalue weighted by atomic mass is 9.85. The van der Waals surface area contributed by atoms with Crippen molar-refractivity contribution >= 4 is 21.8 Å². The van der Waals surface area contributed by atoms with Crippen molar-refractivity contribution in [3.8, 4) is 5.75 Å². The molecule has 2 rings (SSSR count). The number of halogens is 1. The van der Waals surface area contributed by atoms with Crippen LogP contribution in [0.15, 0.2) is 28.7 Å². The Morgan fingerprint density at radius 2 is 1.90 bits per heavy atom. The molecule has 5 heteroatoms. The summed E-state index contributed by atoms with van der Waals surface area (Å²) in [5.41, 5.74) is 5.33. The maximum atomic E-state index is 11.1. The Balaban J connectivity index is 1.60. The minimum atomic E-state index is -0.151. The number of nitrogens with two attached hydrogens (primary N) is 1. The van der Waals surface area contributed by atoms with E-state index in [2.05, 4.69) is 21.2 Å². The van der Waals surface area contributed by atoms with Crippen LogP contribution in [0.2, 0.25) is 0 Å². The maximum absolute atomic E-state index is 11.1. The van der Waals surface area contributed by atoms with E-state index in [9.17, 15) is 4.79 Å². The van der Waals surface area contributed by atoms with Crippen molar-refractivity contribution in [3.05, 3.63) is 28.7 Å². The van der Waals surface area contributed by atoms with Crippen molar-refractivity contribution < 1.29 is 9.53 Å². The van der Waals surface area contributed by atoms with E-state index in [4.69, 9.17) is 10.5 Å². The second-order valence-electron chi connectivity index (χ2n) is 5.21. The highest BCUT2D eigenvalue weighted by Gasteiger charge is 2.23. The summed E-state index contributed by atoms with van der Waals surface area (Å²) in [6.45, 7) is 1.47. The zero-order chi connectivity index (χ0) is 14.4. The second kappa shape index (κ2) is 7.64. The first-order chi connectivity index (χ1) is 9.65. The van der Waals surface area contributed by atoms with Crippen molar-refractivity contribution in [2.45, 2.75) is 31.7 Å². The second-order valence-corrected chi connectivity index (χ2v) is 6.12. The van der Waals surface area contributed by atoms with Crippen molar-refractivity contribution in [1.29, 1.82) is 0 Å². The molecule has 3 N–H and O–H groups in total. The fourth-order valence-electron chi connectivity index (χ4n) is 2.54. The predicted octanol–water partition coefficient (Wildman–Crippen LogP) is 2.46. The summed E-state index contributed by atoms with van der Waals surface area (Å²) in [7, 11) is 0. The van der Waals surface area contributed by atoms with Gasteiger partial charge in [0.25, 0.3) is 0 Å². The average Bonchev–Trinajstić information content (AvgIpc) is 2.46. The number of carbonyl (C=O) groups is 1. The molecule has 1 fully saturated rings. The third kappa shape index (κ3) is 4.80. The number of hydrogen-bond donors (Lipinski definition) is 2. The fraction of sp³-hybridized carbons (Fsp3) is 0.533. The summed E-state index contributed by atoms with van der Waals surface area (Å²) in [5, 5.41) is 3.48. The van der Waals surface area contributed by atoms with Gasteiger partial charge in [0, 0.05) is 23.0 Å². The minimum absolute atomic E-state index is 0.0760. The van der Waals surface area contributed by atoms with Crippen LogP contribution in [0, 0.1) is 5.92 Å². The Morgan fingerprint density at radius 3 is 2.50 bits per heavy atom. The molecule has 1 aliphatic carbocycles. The molecule has 0 radical (unpaired) electrons. The molecule has 1 aliphatic rings. The highest BCUT2D eigenvalue weighted by Crippen LogP contribution is 2.23. The minimum Gasteiger partial charge on any atom is -0.492 e. The summed E-state index contributed by atoms with van der Waals surface area (Å²) < 4.78 is 6.70. The third-order valence-corrected chi connectivity index (χ3v) is 4.28. The molecule has 0 aliphatic heterocycles. The lowest BCUT2D eigenvalue weighted by Gasteiger charge is -2.27. The number of carbonyl (C=O) groups excluding carboxylic acids is 1. The van der Waals surface area contributed by atoms with Crippen LogP contribution in [0.5, 0.6) is 5.75 Å². The zero-order valence-electron chi connectivity index (χ0n) is 11.5. The summed E-state index contributed by atoms with van der Waals surface area (Å²) in [6, 6.07) is 8.31. The van der Waals surface area contributed by atoms with Crippen LogP contribution in [0.4, 0.5) is 0 Å². The van der Waals surface area contributed by atoms with Gasteiger partial charge in [-0.15, -0.1) is 0 Å². The largest absolute Gasteiger partial charge is 0.492 e. The van der Waals surface area contributed by atoms with Gasteiger partial charge in [-0.05, 0) is 49.9 Å². The van der Waals surface area contributed by atoms with Crippen LogP contribution in [0.3, 0.4) is 0 Å². The molecule has 4 nitrogen and oxygen atoms in total. The van der Waals surface area contributed by atoms with E-state index in [0.717, 1.165) is 42.5 Å². The highest BCUT2D eigenvalue weighted by atomic mass is 79.9. The van der Waals surface area contributed by atoms with E-state index in [1.165, 1.54) is 0 Å². The molecule has 0 aromatic heterocycles. The van der Waals surface area contributed by atoms with E-state index in [0.29, 0.717) is 12.6 Å². The third-order valence-electron chi connectivity index (χ3n) is 3.75. The summed E-state index contributed by atoms with van der Waals surface area (Å²) in [5.74, 6) is 0.807. The molecule has 1 amide bonds. The van der Waals surface area contributed by atoms with Crippen molar-refractivity contribution in [3.63, 3.8) is 0 Å². The van der Waals surface area contributed by atoms with E-state index in [1.807, 2.05) is 24.3 Å². The Kier molecular flexibility index (Phi) is 5.86. The van der Waals surface area contributed by atoms with Gasteiger partial charge in [-0.1, -0.05) is 15.9 Å². The molecule has 0 atom stereocenters. The molecule has 1 aromatic carbocycles. The van der Waals surface area contributed by atoms with Crippen molar-refractivity contribution in [1.82, 2.24) is 5.32 Å². The van der Waals surface area contributed by atoms with Crippen LogP contribution in [0.1, 0.15) is 25.7 Å². The van der Waals surface area contributed by atoms with Gasteiger partial charge in [-0.25, -0.2) is 0 Å². The van der Waals surface area contributed by atoms with Gasteiger partial charge in [-0.2, -0.15) is 0 Å². The van der Waals surface area contributed by atoms with Crippen LogP contribution in [0.25, 0.3) is 0 Å². The molecule has 0 bridgehead atoms. The van der Waals surface area contributed by atoms with Crippen LogP contribution < -0.4 is 15.8 Å². The molecular formula is C15H21BrN2O2. The zero-order valence-corrected chi connectivity index (χ0v) is 13.1. The number of nitrogens with one attached hydrogen (secondary N) is 1. The SMILES string of the molecule is NC(=O)C1CCC(NCCOc2ccc(Br)cc2)CC1. The van der Waals surface area contributed by atoms with E-state index < -0.39 is 0 Å². The molecule has 0 unspecified atom stereocenters. The molecule has 0 spiro atoms. The predicted molar refractivity (Wildman–Crippen MR) is 82.6 cm³/mol. The first-order valence-electron chi connectivity index (χ1n) is 7.06. The Hall–Kier alpha value is -1.07. The van der Waals surface area contributed by atoms with Crippen LogP contribution in [-0.4, -0.2) is 25.1 Å². The van der Waals surface area contributed by atoms with Crippen molar-refractivity contribution in [2.24, 2.45) is 11.7 Å².